The molecule has 6 heteroatoms. The summed E-state index contributed by atoms with van der Waals surface area (Å²) >= 11 is 1.12. The van der Waals surface area contributed by atoms with E-state index in [4.69, 9.17) is 22.3 Å². The molecule has 0 saturated heterocycles. The topological polar surface area (TPSA) is 112 Å². The molecule has 5 nitrogen and oxygen atoms in total. The summed E-state index contributed by atoms with van der Waals surface area (Å²) in [6, 6.07) is 14.8. The summed E-state index contributed by atoms with van der Waals surface area (Å²) in [4.78, 5) is 0. The maximum absolute atomic E-state index is 8.18. The van der Waals surface area contributed by atoms with Crippen LogP contribution in [0.4, 0.5) is 5.69 Å². The first-order chi connectivity index (χ1) is 11.5. The van der Waals surface area contributed by atoms with Crippen molar-refractivity contribution in [1.29, 1.82) is 10.8 Å². The number of hydrogen-bond donors (Lipinski definition) is 5. The van der Waals surface area contributed by atoms with E-state index >= 15 is 0 Å². The zero-order valence-electron chi connectivity index (χ0n) is 13.3. The molecule has 0 aliphatic heterocycles. The van der Waals surface area contributed by atoms with Crippen molar-refractivity contribution >= 4 is 33.2 Å². The van der Waals surface area contributed by atoms with Crippen molar-refractivity contribution in [2.24, 2.45) is 11.5 Å². The van der Waals surface area contributed by atoms with Gasteiger partial charge < -0.3 is 16.8 Å². The van der Waals surface area contributed by atoms with Gasteiger partial charge in [0.2, 0.25) is 0 Å². The molecule has 0 aromatic heterocycles. The van der Waals surface area contributed by atoms with Crippen molar-refractivity contribution in [2.75, 3.05) is 18.4 Å². The third-order valence-corrected chi connectivity index (χ3v) is 4.22. The van der Waals surface area contributed by atoms with Gasteiger partial charge in [-0.15, -0.1) is 0 Å². The lowest BCUT2D eigenvalue weighted by Crippen LogP contribution is -2.13. The van der Waals surface area contributed by atoms with Crippen molar-refractivity contribution in [2.45, 2.75) is 0 Å². The van der Waals surface area contributed by atoms with Crippen molar-refractivity contribution in [3.63, 3.8) is 0 Å². The van der Waals surface area contributed by atoms with E-state index in [1.165, 1.54) is 0 Å². The first-order valence-electron chi connectivity index (χ1n) is 7.46. The molecule has 0 aliphatic rings. The van der Waals surface area contributed by atoms with Crippen molar-refractivity contribution in [3.8, 4) is 0 Å². The Kier molecular flexibility index (Phi) is 6.17. The molecule has 0 bridgehead atoms. The van der Waals surface area contributed by atoms with Gasteiger partial charge in [0.25, 0.3) is 0 Å². The van der Waals surface area contributed by atoms with Gasteiger partial charge in [-0.2, -0.15) is 0 Å². The fraction of sp³-hybridized carbons (Fsp3) is 0.111. The van der Waals surface area contributed by atoms with Crippen LogP contribution in [0.1, 0.15) is 16.7 Å². The second kappa shape index (κ2) is 8.33. The molecule has 2 aromatic carbocycles. The molecule has 0 amide bonds. The van der Waals surface area contributed by atoms with Crippen LogP contribution in [0.2, 0.25) is 0 Å². The highest BCUT2D eigenvalue weighted by atomic mass is 32.2. The molecular formula is C18H21N5S. The number of nitrogens with two attached hydrogens (primary N) is 2. The first-order valence-corrected chi connectivity index (χ1v) is 8.27. The van der Waals surface area contributed by atoms with Crippen LogP contribution in [0.5, 0.6) is 0 Å². The lowest BCUT2D eigenvalue weighted by molar-refractivity contribution is 1.02. The van der Waals surface area contributed by atoms with Crippen LogP contribution < -0.4 is 16.8 Å². The molecule has 124 valence electrons. The van der Waals surface area contributed by atoms with Gasteiger partial charge in [0.05, 0.1) is 0 Å². The Balaban J connectivity index is 2.00. The summed E-state index contributed by atoms with van der Waals surface area (Å²) in [6.07, 6.45) is 0. The highest BCUT2D eigenvalue weighted by Gasteiger charge is 2.09. The van der Waals surface area contributed by atoms with Gasteiger partial charge in [-0.05, 0) is 17.7 Å². The summed E-state index contributed by atoms with van der Waals surface area (Å²) in [6.45, 7) is 4.97. The van der Waals surface area contributed by atoms with Crippen LogP contribution in [-0.2, 0) is 0 Å². The molecule has 0 atom stereocenters. The SMILES string of the molecule is C=C(N)c1ccc(C(=N)SC(=N)c2ccc(NCCN)cc2)cc1. The normalized spacial score (nSPS) is 10.2. The van der Waals surface area contributed by atoms with E-state index < -0.39 is 0 Å². The average Bonchev–Trinajstić information content (AvgIpc) is 2.60. The number of thioether (sulfide) groups is 1. The van der Waals surface area contributed by atoms with Crippen molar-refractivity contribution < 1.29 is 0 Å². The van der Waals surface area contributed by atoms with E-state index in [0.717, 1.165) is 34.1 Å². The Morgan fingerprint density at radius 1 is 0.917 bits per heavy atom. The molecule has 24 heavy (non-hydrogen) atoms. The maximum Gasteiger partial charge on any atom is 0.100 e. The standard InChI is InChI=1S/C18H21N5S/c1-12(20)13-2-4-14(5-3-13)17(21)24-18(22)15-6-8-16(9-7-15)23-11-10-19/h2-9,21-23H,1,10-11,19-20H2. The van der Waals surface area contributed by atoms with Gasteiger partial charge in [0, 0.05) is 35.6 Å². The largest absolute Gasteiger partial charge is 0.399 e. The Labute approximate surface area is 146 Å². The van der Waals surface area contributed by atoms with Crippen LogP contribution in [0, 0.1) is 10.8 Å². The van der Waals surface area contributed by atoms with E-state index in [1.54, 1.807) is 0 Å². The van der Waals surface area contributed by atoms with Crippen molar-refractivity contribution in [3.05, 3.63) is 71.8 Å². The van der Waals surface area contributed by atoms with Gasteiger partial charge in [0.15, 0.2) is 0 Å². The molecule has 2 aromatic rings. The average molecular weight is 339 g/mol. The zero-order valence-corrected chi connectivity index (χ0v) is 14.1. The summed E-state index contributed by atoms with van der Waals surface area (Å²) in [5, 5.41) is 20.2. The fourth-order valence-electron chi connectivity index (χ4n) is 2.01. The molecule has 0 heterocycles. The van der Waals surface area contributed by atoms with E-state index in [9.17, 15) is 0 Å². The van der Waals surface area contributed by atoms with Crippen LogP contribution >= 0.6 is 11.8 Å². The fourth-order valence-corrected chi connectivity index (χ4v) is 2.72. The molecule has 7 N–H and O–H groups in total. The minimum Gasteiger partial charge on any atom is -0.399 e. The lowest BCUT2D eigenvalue weighted by Gasteiger charge is -2.08. The highest BCUT2D eigenvalue weighted by molar-refractivity contribution is 8.27. The number of rotatable bonds is 6. The number of nitrogens with one attached hydrogen (secondary N) is 3. The van der Waals surface area contributed by atoms with Gasteiger partial charge in [-0.1, -0.05) is 54.7 Å². The van der Waals surface area contributed by atoms with Crippen LogP contribution in [-0.4, -0.2) is 23.2 Å². The first kappa shape index (κ1) is 17.8. The molecule has 0 unspecified atom stereocenters. The smallest absolute Gasteiger partial charge is 0.100 e. The second-order valence-electron chi connectivity index (χ2n) is 5.16. The minimum absolute atomic E-state index is 0.319. The van der Waals surface area contributed by atoms with Gasteiger partial charge >= 0.3 is 0 Å². The minimum atomic E-state index is 0.319. The zero-order chi connectivity index (χ0) is 17.5. The predicted octanol–water partition coefficient (Wildman–Crippen LogP) is 3.07. The second-order valence-corrected chi connectivity index (χ2v) is 6.18. The highest BCUT2D eigenvalue weighted by Crippen LogP contribution is 2.20. The molecule has 0 radical (unpaired) electrons. The predicted molar refractivity (Wildman–Crippen MR) is 105 cm³/mol. The van der Waals surface area contributed by atoms with E-state index in [1.807, 2.05) is 48.5 Å². The number of hydrogen-bond acceptors (Lipinski definition) is 6. The Morgan fingerprint density at radius 3 is 1.83 bits per heavy atom. The Hall–Kier alpha value is -2.57. The maximum atomic E-state index is 8.18. The van der Waals surface area contributed by atoms with E-state index in [-0.39, 0.29) is 0 Å². The quantitative estimate of drug-likeness (QED) is 0.411. The van der Waals surface area contributed by atoms with Crippen LogP contribution in [0.3, 0.4) is 0 Å². The molecule has 0 fully saturated rings. The van der Waals surface area contributed by atoms with Gasteiger partial charge in [-0.3, -0.25) is 10.8 Å². The number of benzene rings is 2. The Bertz CT molecular complexity index is 735. The summed E-state index contributed by atoms with van der Waals surface area (Å²) in [5.74, 6) is 0. The molecule has 0 spiro atoms. The summed E-state index contributed by atoms with van der Waals surface area (Å²) in [7, 11) is 0. The molecule has 0 aliphatic carbocycles. The van der Waals surface area contributed by atoms with Crippen LogP contribution in [0.25, 0.3) is 5.70 Å². The summed E-state index contributed by atoms with van der Waals surface area (Å²) in [5.41, 5.74) is 14.9. The number of anilines is 1. The lowest BCUT2D eigenvalue weighted by atomic mass is 10.1. The third-order valence-electron chi connectivity index (χ3n) is 3.34. The summed E-state index contributed by atoms with van der Waals surface area (Å²) < 4.78 is 0. The third kappa shape index (κ3) is 4.71. The van der Waals surface area contributed by atoms with E-state index in [2.05, 4.69) is 11.9 Å². The van der Waals surface area contributed by atoms with Gasteiger partial charge in [-0.25, -0.2) is 0 Å². The van der Waals surface area contributed by atoms with E-state index in [0.29, 0.717) is 28.9 Å². The van der Waals surface area contributed by atoms with Gasteiger partial charge in [0.1, 0.15) is 10.1 Å². The van der Waals surface area contributed by atoms with Crippen LogP contribution in [0.15, 0.2) is 55.1 Å². The van der Waals surface area contributed by atoms with Crippen molar-refractivity contribution in [1.82, 2.24) is 0 Å². The molecule has 2 rings (SSSR count). The monoisotopic (exact) mass is 339 g/mol. The Morgan fingerprint density at radius 2 is 1.38 bits per heavy atom. The molecular weight excluding hydrogens is 318 g/mol. The molecule has 0 saturated carbocycles.